The van der Waals surface area contributed by atoms with Crippen molar-refractivity contribution in [2.24, 2.45) is 5.92 Å². The van der Waals surface area contributed by atoms with Crippen LogP contribution in [0.4, 0.5) is 11.4 Å². The van der Waals surface area contributed by atoms with E-state index in [2.05, 4.69) is 6.92 Å². The van der Waals surface area contributed by atoms with Crippen molar-refractivity contribution in [2.75, 3.05) is 5.73 Å². The third-order valence-corrected chi connectivity index (χ3v) is 3.79. The van der Waals surface area contributed by atoms with Gasteiger partial charge in [0.2, 0.25) is 0 Å². The van der Waals surface area contributed by atoms with Crippen LogP contribution in [0, 0.1) is 16.0 Å². The van der Waals surface area contributed by atoms with Gasteiger partial charge in [-0.25, -0.2) is 0 Å². The van der Waals surface area contributed by atoms with E-state index in [0.29, 0.717) is 12.5 Å². The lowest BCUT2D eigenvalue weighted by atomic mass is 9.88. The van der Waals surface area contributed by atoms with E-state index in [9.17, 15) is 10.1 Å². The number of nitrogens with two attached hydrogens (primary N) is 1. The highest BCUT2D eigenvalue weighted by Gasteiger charge is 2.22. The number of hydrogen-bond acceptors (Lipinski definition) is 4. The molecule has 0 aliphatic heterocycles. The second kappa shape index (κ2) is 6.02. The first-order chi connectivity index (χ1) is 9.08. The van der Waals surface area contributed by atoms with Gasteiger partial charge in [-0.1, -0.05) is 25.8 Å². The third-order valence-electron chi connectivity index (χ3n) is 3.79. The quantitative estimate of drug-likeness (QED) is 0.514. The smallest absolute Gasteiger partial charge is 0.292 e. The summed E-state index contributed by atoms with van der Waals surface area (Å²) >= 11 is 0. The Morgan fingerprint density at radius 1 is 1.42 bits per heavy atom. The van der Waals surface area contributed by atoms with Crippen molar-refractivity contribution in [3.8, 4) is 0 Å². The fourth-order valence-electron chi connectivity index (χ4n) is 2.57. The summed E-state index contributed by atoms with van der Waals surface area (Å²) in [4.78, 5) is 10.4. The second-order valence-corrected chi connectivity index (χ2v) is 5.26. The van der Waals surface area contributed by atoms with Crippen molar-refractivity contribution < 1.29 is 9.66 Å². The maximum Gasteiger partial charge on any atom is 0.292 e. The lowest BCUT2D eigenvalue weighted by Crippen LogP contribution is -2.25. The van der Waals surface area contributed by atoms with Crippen molar-refractivity contribution in [1.29, 1.82) is 0 Å². The molecule has 0 amide bonds. The lowest BCUT2D eigenvalue weighted by Gasteiger charge is -2.28. The molecule has 2 unspecified atom stereocenters. The second-order valence-electron chi connectivity index (χ2n) is 5.26. The first-order valence-corrected chi connectivity index (χ1v) is 6.72. The Hall–Kier alpha value is -1.62. The average molecular weight is 264 g/mol. The number of ether oxygens (including phenoxy) is 1. The van der Waals surface area contributed by atoms with Gasteiger partial charge in [0.25, 0.3) is 5.69 Å². The van der Waals surface area contributed by atoms with E-state index in [1.54, 1.807) is 12.1 Å². The van der Waals surface area contributed by atoms with Gasteiger partial charge in [-0.3, -0.25) is 10.1 Å². The summed E-state index contributed by atoms with van der Waals surface area (Å²) in [7, 11) is 0. The Balaban J connectivity index is 1.99. The van der Waals surface area contributed by atoms with E-state index in [4.69, 9.17) is 10.5 Å². The number of nitrogens with zero attached hydrogens (tertiary/aromatic N) is 1. The molecular formula is C14H20N2O3. The molecular weight excluding hydrogens is 244 g/mol. The lowest BCUT2D eigenvalue weighted by molar-refractivity contribution is -0.384. The molecule has 1 fully saturated rings. The number of rotatable bonds is 4. The van der Waals surface area contributed by atoms with Crippen LogP contribution in [0.25, 0.3) is 0 Å². The van der Waals surface area contributed by atoms with Crippen LogP contribution in [0.1, 0.15) is 38.2 Å². The zero-order chi connectivity index (χ0) is 13.8. The SMILES string of the molecule is CC1CCCCC1OCc1ccc(N)c([N+](=O)[O-])c1. The molecule has 1 aliphatic rings. The Morgan fingerprint density at radius 2 is 2.16 bits per heavy atom. The van der Waals surface area contributed by atoms with Crippen LogP contribution >= 0.6 is 0 Å². The van der Waals surface area contributed by atoms with Crippen molar-refractivity contribution in [1.82, 2.24) is 0 Å². The number of nitro benzene ring substituents is 1. The van der Waals surface area contributed by atoms with Gasteiger partial charge in [-0.2, -0.15) is 0 Å². The van der Waals surface area contributed by atoms with Gasteiger partial charge in [-0.15, -0.1) is 0 Å². The molecule has 1 aliphatic carbocycles. The van der Waals surface area contributed by atoms with Gasteiger partial charge in [0.05, 0.1) is 17.6 Å². The van der Waals surface area contributed by atoms with Crippen LogP contribution in [-0.2, 0) is 11.3 Å². The van der Waals surface area contributed by atoms with E-state index >= 15 is 0 Å². The first kappa shape index (κ1) is 13.8. The van der Waals surface area contributed by atoms with Gasteiger partial charge in [0.1, 0.15) is 5.69 Å². The zero-order valence-electron chi connectivity index (χ0n) is 11.2. The molecule has 2 atom stereocenters. The standard InChI is InChI=1S/C14H20N2O3/c1-10-4-2-3-5-14(10)19-9-11-6-7-12(15)13(8-11)16(17)18/h6-8,10,14H,2-5,9,15H2,1H3. The topological polar surface area (TPSA) is 78.4 Å². The van der Waals surface area contributed by atoms with Crippen LogP contribution in [0.5, 0.6) is 0 Å². The van der Waals surface area contributed by atoms with E-state index in [0.717, 1.165) is 12.0 Å². The number of nitrogen functional groups attached to an aromatic ring is 1. The summed E-state index contributed by atoms with van der Waals surface area (Å²) in [6.07, 6.45) is 5.03. The summed E-state index contributed by atoms with van der Waals surface area (Å²) in [5.74, 6) is 0.567. The maximum atomic E-state index is 10.8. The molecule has 0 heterocycles. The predicted molar refractivity (Wildman–Crippen MR) is 73.7 cm³/mol. The Morgan fingerprint density at radius 3 is 2.84 bits per heavy atom. The number of anilines is 1. The molecule has 0 aromatic heterocycles. The molecule has 2 rings (SSSR count). The predicted octanol–water partition coefficient (Wildman–Crippen LogP) is 3.27. The summed E-state index contributed by atoms with van der Waals surface area (Å²) in [5, 5.41) is 10.8. The third kappa shape index (κ3) is 3.44. The largest absolute Gasteiger partial charge is 0.393 e. The monoisotopic (exact) mass is 264 g/mol. The number of benzene rings is 1. The van der Waals surface area contributed by atoms with Gasteiger partial charge < -0.3 is 10.5 Å². The summed E-state index contributed by atoms with van der Waals surface area (Å²) in [6, 6.07) is 4.86. The molecule has 0 bridgehead atoms. The Bertz CT molecular complexity index is 462. The van der Waals surface area contributed by atoms with E-state index in [1.165, 1.54) is 25.3 Å². The fraction of sp³-hybridized carbons (Fsp3) is 0.571. The van der Waals surface area contributed by atoms with Crippen LogP contribution < -0.4 is 5.73 Å². The minimum absolute atomic E-state index is 0.0437. The van der Waals surface area contributed by atoms with Crippen molar-refractivity contribution in [2.45, 2.75) is 45.3 Å². The molecule has 19 heavy (non-hydrogen) atoms. The van der Waals surface area contributed by atoms with Gasteiger partial charge in [0.15, 0.2) is 0 Å². The first-order valence-electron chi connectivity index (χ1n) is 6.72. The summed E-state index contributed by atoms with van der Waals surface area (Å²) < 4.78 is 5.89. The van der Waals surface area contributed by atoms with Crippen LogP contribution in [0.3, 0.4) is 0 Å². The molecule has 0 spiro atoms. The highest BCUT2D eigenvalue weighted by molar-refractivity contribution is 5.59. The Labute approximate surface area is 112 Å². The summed E-state index contributed by atoms with van der Waals surface area (Å²) in [5.41, 5.74) is 6.52. The van der Waals surface area contributed by atoms with Crippen molar-refractivity contribution in [3.63, 3.8) is 0 Å². The van der Waals surface area contributed by atoms with Gasteiger partial charge in [0, 0.05) is 6.07 Å². The van der Waals surface area contributed by atoms with Gasteiger partial charge in [-0.05, 0) is 30.4 Å². The molecule has 0 saturated heterocycles. The zero-order valence-corrected chi connectivity index (χ0v) is 11.2. The molecule has 2 N–H and O–H groups in total. The highest BCUT2D eigenvalue weighted by atomic mass is 16.6. The highest BCUT2D eigenvalue weighted by Crippen LogP contribution is 2.28. The molecule has 1 aromatic carbocycles. The summed E-state index contributed by atoms with van der Waals surface area (Å²) in [6.45, 7) is 2.62. The van der Waals surface area contributed by atoms with Crippen molar-refractivity contribution in [3.05, 3.63) is 33.9 Å². The number of hydrogen-bond donors (Lipinski definition) is 1. The molecule has 5 heteroatoms. The van der Waals surface area contributed by atoms with Crippen molar-refractivity contribution >= 4 is 11.4 Å². The normalized spacial score (nSPS) is 23.2. The Kier molecular flexibility index (Phi) is 4.37. The fourth-order valence-corrected chi connectivity index (χ4v) is 2.57. The van der Waals surface area contributed by atoms with Crippen LogP contribution in [0.15, 0.2) is 18.2 Å². The molecule has 104 valence electrons. The molecule has 1 aromatic rings. The van der Waals surface area contributed by atoms with E-state index < -0.39 is 4.92 Å². The van der Waals surface area contributed by atoms with Crippen LogP contribution in [0.2, 0.25) is 0 Å². The van der Waals surface area contributed by atoms with E-state index in [-0.39, 0.29) is 17.5 Å². The minimum atomic E-state index is -0.456. The molecule has 0 radical (unpaired) electrons. The van der Waals surface area contributed by atoms with E-state index in [1.807, 2.05) is 0 Å². The van der Waals surface area contributed by atoms with Crippen LogP contribution in [-0.4, -0.2) is 11.0 Å². The molecule has 1 saturated carbocycles. The average Bonchev–Trinajstić information content (AvgIpc) is 2.39. The maximum absolute atomic E-state index is 10.8. The van der Waals surface area contributed by atoms with Gasteiger partial charge >= 0.3 is 0 Å². The molecule has 5 nitrogen and oxygen atoms in total. The minimum Gasteiger partial charge on any atom is -0.393 e. The number of nitro groups is 1.